The van der Waals surface area contributed by atoms with Crippen LogP contribution < -0.4 is 15.4 Å². The number of nitrogens with zero attached hydrogens (tertiary/aromatic N) is 3. The number of nitrogens with two attached hydrogens (primary N) is 1. The van der Waals surface area contributed by atoms with Crippen molar-refractivity contribution in [1.82, 2.24) is 10.1 Å². The molecule has 0 unspecified atom stereocenters. The van der Waals surface area contributed by atoms with Crippen LogP contribution >= 0.6 is 0 Å². The van der Waals surface area contributed by atoms with Crippen LogP contribution in [0.4, 0.5) is 5.69 Å². The maximum absolute atomic E-state index is 5.63. The second kappa shape index (κ2) is 6.19. The molecule has 102 valence electrons. The van der Waals surface area contributed by atoms with Gasteiger partial charge in [0.25, 0.3) is 0 Å². The van der Waals surface area contributed by atoms with Crippen LogP contribution in [0.2, 0.25) is 0 Å². The second-order valence-electron chi connectivity index (χ2n) is 4.32. The van der Waals surface area contributed by atoms with Crippen molar-refractivity contribution in [2.24, 2.45) is 5.73 Å². The molecule has 0 radical (unpaired) electrons. The second-order valence-corrected chi connectivity index (χ2v) is 4.32. The fourth-order valence-corrected chi connectivity index (χ4v) is 1.57. The molecule has 0 aliphatic carbocycles. The molecular weight excluding hydrogens is 244 g/mol. The van der Waals surface area contributed by atoms with Crippen LogP contribution in [0.25, 0.3) is 0 Å². The highest BCUT2D eigenvalue weighted by Gasteiger charge is 2.06. The maximum atomic E-state index is 5.63. The van der Waals surface area contributed by atoms with Gasteiger partial charge in [0.15, 0.2) is 6.61 Å². The van der Waals surface area contributed by atoms with Gasteiger partial charge in [0.05, 0.1) is 0 Å². The summed E-state index contributed by atoms with van der Waals surface area (Å²) in [4.78, 5) is 6.19. The first-order chi connectivity index (χ1) is 9.19. The van der Waals surface area contributed by atoms with Crippen molar-refractivity contribution in [3.05, 3.63) is 36.0 Å². The van der Waals surface area contributed by atoms with Crippen LogP contribution in [-0.4, -0.2) is 30.8 Å². The largest absolute Gasteiger partial charge is 0.485 e. The van der Waals surface area contributed by atoms with Crippen LogP contribution in [0.3, 0.4) is 0 Å². The molecule has 0 atom stereocenters. The summed E-state index contributed by atoms with van der Waals surface area (Å²) in [6, 6.07) is 7.82. The average Bonchev–Trinajstić information content (AvgIpc) is 2.85. The Balaban J connectivity index is 1.95. The van der Waals surface area contributed by atoms with Crippen molar-refractivity contribution in [3.8, 4) is 5.75 Å². The minimum Gasteiger partial charge on any atom is -0.485 e. The van der Waals surface area contributed by atoms with Crippen molar-refractivity contribution in [2.45, 2.75) is 13.0 Å². The summed E-state index contributed by atoms with van der Waals surface area (Å²) in [6.45, 7) is 0.776. The van der Waals surface area contributed by atoms with Gasteiger partial charge in [-0.05, 0) is 12.1 Å². The molecule has 1 heterocycles. The molecule has 0 saturated carbocycles. The van der Waals surface area contributed by atoms with Crippen LogP contribution in [-0.2, 0) is 13.0 Å². The minimum absolute atomic E-state index is 0.283. The van der Waals surface area contributed by atoms with E-state index >= 15 is 0 Å². The Kier molecular flexibility index (Phi) is 4.35. The van der Waals surface area contributed by atoms with Crippen LogP contribution in [0.1, 0.15) is 11.7 Å². The zero-order valence-electron chi connectivity index (χ0n) is 11.2. The predicted molar refractivity (Wildman–Crippen MR) is 72.2 cm³/mol. The monoisotopic (exact) mass is 262 g/mol. The summed E-state index contributed by atoms with van der Waals surface area (Å²) in [5, 5.41) is 3.83. The van der Waals surface area contributed by atoms with Crippen molar-refractivity contribution in [2.75, 3.05) is 25.5 Å². The van der Waals surface area contributed by atoms with Gasteiger partial charge in [-0.15, -0.1) is 0 Å². The molecule has 6 heteroatoms. The average molecular weight is 262 g/mol. The molecule has 19 heavy (non-hydrogen) atoms. The number of rotatable bonds is 6. The molecule has 0 spiro atoms. The first-order valence-corrected chi connectivity index (χ1v) is 6.11. The summed E-state index contributed by atoms with van der Waals surface area (Å²) in [5.74, 6) is 1.85. The third-order valence-corrected chi connectivity index (χ3v) is 2.57. The van der Waals surface area contributed by atoms with Crippen LogP contribution in [0, 0.1) is 0 Å². The van der Waals surface area contributed by atoms with Gasteiger partial charge in [-0.3, -0.25) is 0 Å². The van der Waals surface area contributed by atoms with E-state index in [0.29, 0.717) is 24.7 Å². The lowest BCUT2D eigenvalue weighted by molar-refractivity contribution is 0.285. The standard InChI is InChI=1S/C13H18N4O2/c1-17(2)10-4-3-5-11(8-10)18-9-12-15-13(6-7-14)19-16-12/h3-5,8H,6-7,9,14H2,1-2H3. The van der Waals surface area contributed by atoms with Crippen molar-refractivity contribution >= 4 is 5.69 Å². The Labute approximate surface area is 112 Å². The molecule has 0 fully saturated rings. The van der Waals surface area contributed by atoms with Gasteiger partial charge in [0.2, 0.25) is 11.7 Å². The Morgan fingerprint density at radius 2 is 2.21 bits per heavy atom. The van der Waals surface area contributed by atoms with Crippen molar-refractivity contribution in [1.29, 1.82) is 0 Å². The molecular formula is C13H18N4O2. The molecule has 0 bridgehead atoms. The molecule has 2 aromatic rings. The molecule has 0 amide bonds. The molecule has 2 rings (SSSR count). The number of hydrogen-bond acceptors (Lipinski definition) is 6. The van der Waals surface area contributed by atoms with Crippen molar-refractivity contribution in [3.63, 3.8) is 0 Å². The van der Waals surface area contributed by atoms with Gasteiger partial charge in [0.1, 0.15) is 5.75 Å². The third kappa shape index (κ3) is 3.69. The van der Waals surface area contributed by atoms with E-state index in [9.17, 15) is 0 Å². The number of anilines is 1. The first-order valence-electron chi connectivity index (χ1n) is 6.11. The van der Waals surface area contributed by atoms with E-state index in [-0.39, 0.29) is 6.61 Å². The fraction of sp³-hybridized carbons (Fsp3) is 0.385. The number of benzene rings is 1. The van der Waals surface area contributed by atoms with Gasteiger partial charge in [-0.2, -0.15) is 4.98 Å². The molecule has 0 aliphatic rings. The normalized spacial score (nSPS) is 10.5. The maximum Gasteiger partial charge on any atom is 0.228 e. The summed E-state index contributed by atoms with van der Waals surface area (Å²) in [5.41, 5.74) is 6.49. The van der Waals surface area contributed by atoms with Gasteiger partial charge in [0, 0.05) is 38.8 Å². The van der Waals surface area contributed by atoms with Crippen LogP contribution in [0.15, 0.2) is 28.8 Å². The first kappa shape index (κ1) is 13.4. The highest BCUT2D eigenvalue weighted by molar-refractivity contribution is 5.49. The molecule has 2 N–H and O–H groups in total. The van der Waals surface area contributed by atoms with E-state index in [1.807, 2.05) is 43.3 Å². The Morgan fingerprint density at radius 3 is 2.95 bits per heavy atom. The van der Waals surface area contributed by atoms with E-state index in [0.717, 1.165) is 11.4 Å². The number of ether oxygens (including phenoxy) is 1. The zero-order valence-corrected chi connectivity index (χ0v) is 11.2. The molecule has 1 aromatic carbocycles. The summed E-state index contributed by atoms with van der Waals surface area (Å²) >= 11 is 0. The van der Waals surface area contributed by atoms with E-state index in [2.05, 4.69) is 10.1 Å². The molecule has 1 aromatic heterocycles. The van der Waals surface area contributed by atoms with E-state index < -0.39 is 0 Å². The van der Waals surface area contributed by atoms with Crippen LogP contribution in [0.5, 0.6) is 5.75 Å². The highest BCUT2D eigenvalue weighted by atomic mass is 16.5. The van der Waals surface area contributed by atoms with E-state index in [4.69, 9.17) is 15.0 Å². The smallest absolute Gasteiger partial charge is 0.228 e. The van der Waals surface area contributed by atoms with Gasteiger partial charge in [-0.25, -0.2) is 0 Å². The lowest BCUT2D eigenvalue weighted by atomic mass is 10.3. The van der Waals surface area contributed by atoms with Gasteiger partial charge < -0.3 is 19.9 Å². The number of hydrogen-bond donors (Lipinski definition) is 1. The molecule has 0 saturated heterocycles. The summed E-state index contributed by atoms with van der Waals surface area (Å²) in [6.07, 6.45) is 0.586. The van der Waals surface area contributed by atoms with Crippen molar-refractivity contribution < 1.29 is 9.26 Å². The lowest BCUT2D eigenvalue weighted by Gasteiger charge is -2.13. The fourth-order valence-electron chi connectivity index (χ4n) is 1.57. The predicted octanol–water partition coefficient (Wildman–Crippen LogP) is 1.22. The SMILES string of the molecule is CN(C)c1cccc(OCc2noc(CCN)n2)c1. The number of aromatic nitrogens is 2. The third-order valence-electron chi connectivity index (χ3n) is 2.57. The molecule has 6 nitrogen and oxygen atoms in total. The topological polar surface area (TPSA) is 77.4 Å². The van der Waals surface area contributed by atoms with E-state index in [1.54, 1.807) is 0 Å². The Hall–Kier alpha value is -2.08. The lowest BCUT2D eigenvalue weighted by Crippen LogP contribution is -2.08. The Bertz CT molecular complexity index is 525. The van der Waals surface area contributed by atoms with Gasteiger partial charge in [-0.1, -0.05) is 11.2 Å². The summed E-state index contributed by atoms with van der Waals surface area (Å²) in [7, 11) is 3.97. The Morgan fingerprint density at radius 1 is 1.37 bits per heavy atom. The molecule has 0 aliphatic heterocycles. The van der Waals surface area contributed by atoms with Gasteiger partial charge >= 0.3 is 0 Å². The zero-order chi connectivity index (χ0) is 13.7. The summed E-state index contributed by atoms with van der Waals surface area (Å²) < 4.78 is 10.7. The quantitative estimate of drug-likeness (QED) is 0.843. The minimum atomic E-state index is 0.283. The highest BCUT2D eigenvalue weighted by Crippen LogP contribution is 2.19. The van der Waals surface area contributed by atoms with E-state index in [1.165, 1.54) is 0 Å².